The molecule has 1 fully saturated rings. The highest BCUT2D eigenvalue weighted by Crippen LogP contribution is 2.18. The van der Waals surface area contributed by atoms with E-state index in [1.165, 1.54) is 37.1 Å². The van der Waals surface area contributed by atoms with Crippen molar-refractivity contribution in [1.82, 2.24) is 15.0 Å². The number of rotatable bonds is 7. The minimum Gasteiger partial charge on any atom is -0.357 e. The first-order chi connectivity index (χ1) is 13.5. The largest absolute Gasteiger partial charge is 0.357 e. The lowest BCUT2D eigenvalue weighted by molar-refractivity contribution is 0.0951. The standard InChI is InChI=1S/C20H22N4O3S/c1-2-10-23-28(26,27)18-7-5-17(6-8-18)20(25)22-15-16-9-11-21-19(14-16)24-12-3-4-13-24/h1,5-9,11,14,23H,3-4,10,12-13,15H2,(H,22,25). The van der Waals surface area contributed by atoms with E-state index in [0.717, 1.165) is 24.5 Å². The molecule has 7 nitrogen and oxygen atoms in total. The fourth-order valence-corrected chi connectivity index (χ4v) is 3.91. The van der Waals surface area contributed by atoms with Gasteiger partial charge < -0.3 is 10.2 Å². The summed E-state index contributed by atoms with van der Waals surface area (Å²) in [6, 6.07) is 9.56. The van der Waals surface area contributed by atoms with Gasteiger partial charge in [0.25, 0.3) is 5.91 Å². The second-order valence-corrected chi connectivity index (χ2v) is 8.22. The van der Waals surface area contributed by atoms with E-state index in [0.29, 0.717) is 12.1 Å². The van der Waals surface area contributed by atoms with Crippen molar-refractivity contribution >= 4 is 21.7 Å². The average molecular weight is 398 g/mol. The van der Waals surface area contributed by atoms with Gasteiger partial charge in [0.15, 0.2) is 0 Å². The van der Waals surface area contributed by atoms with Crippen LogP contribution in [-0.4, -0.2) is 38.9 Å². The molecule has 146 valence electrons. The molecular weight excluding hydrogens is 376 g/mol. The SMILES string of the molecule is C#CCNS(=O)(=O)c1ccc(C(=O)NCc2ccnc(N3CCCC3)c2)cc1. The first-order valence-electron chi connectivity index (χ1n) is 9.01. The molecule has 0 spiro atoms. The van der Waals surface area contributed by atoms with Crippen molar-refractivity contribution in [2.75, 3.05) is 24.5 Å². The Morgan fingerprint density at radius 2 is 1.89 bits per heavy atom. The normalized spacial score (nSPS) is 13.9. The number of hydrogen-bond donors (Lipinski definition) is 2. The van der Waals surface area contributed by atoms with Crippen LogP contribution >= 0.6 is 0 Å². The van der Waals surface area contributed by atoms with Crippen LogP contribution in [0.4, 0.5) is 5.82 Å². The van der Waals surface area contributed by atoms with E-state index in [-0.39, 0.29) is 17.3 Å². The molecule has 8 heteroatoms. The number of hydrogen-bond acceptors (Lipinski definition) is 5. The third kappa shape index (κ3) is 4.88. The van der Waals surface area contributed by atoms with Crippen LogP contribution in [0.1, 0.15) is 28.8 Å². The number of nitrogens with one attached hydrogen (secondary N) is 2. The quantitative estimate of drug-likeness (QED) is 0.690. The number of benzene rings is 1. The van der Waals surface area contributed by atoms with Gasteiger partial charge in [-0.3, -0.25) is 4.79 Å². The molecule has 2 heterocycles. The van der Waals surface area contributed by atoms with Gasteiger partial charge in [0, 0.05) is 31.4 Å². The maximum atomic E-state index is 12.4. The molecule has 0 saturated carbocycles. The van der Waals surface area contributed by atoms with E-state index in [9.17, 15) is 13.2 Å². The number of pyridine rings is 1. The van der Waals surface area contributed by atoms with Crippen molar-refractivity contribution in [3.05, 3.63) is 53.7 Å². The summed E-state index contributed by atoms with van der Waals surface area (Å²) in [5, 5.41) is 2.85. The van der Waals surface area contributed by atoms with E-state index >= 15 is 0 Å². The molecule has 28 heavy (non-hydrogen) atoms. The first kappa shape index (κ1) is 19.9. The zero-order chi connectivity index (χ0) is 20.0. The second-order valence-electron chi connectivity index (χ2n) is 6.45. The van der Waals surface area contributed by atoms with E-state index in [2.05, 4.69) is 25.8 Å². The average Bonchev–Trinajstić information content (AvgIpc) is 3.26. The summed E-state index contributed by atoms with van der Waals surface area (Å²) in [6.45, 7) is 2.30. The van der Waals surface area contributed by atoms with Gasteiger partial charge in [0.1, 0.15) is 5.82 Å². The molecule has 0 aliphatic carbocycles. The Hall–Kier alpha value is -2.89. The molecule has 1 saturated heterocycles. The Morgan fingerprint density at radius 1 is 1.18 bits per heavy atom. The zero-order valence-corrected chi connectivity index (χ0v) is 16.2. The van der Waals surface area contributed by atoms with Gasteiger partial charge in [0.05, 0.1) is 11.4 Å². The highest BCUT2D eigenvalue weighted by molar-refractivity contribution is 7.89. The highest BCUT2D eigenvalue weighted by atomic mass is 32.2. The molecule has 1 amide bonds. The van der Waals surface area contributed by atoms with Gasteiger partial charge in [-0.2, -0.15) is 4.72 Å². The summed E-state index contributed by atoms with van der Waals surface area (Å²) >= 11 is 0. The van der Waals surface area contributed by atoms with Crippen LogP contribution in [0.15, 0.2) is 47.5 Å². The van der Waals surface area contributed by atoms with Crippen molar-refractivity contribution < 1.29 is 13.2 Å². The Kier molecular flexibility index (Phi) is 6.29. The lowest BCUT2D eigenvalue weighted by atomic mass is 10.2. The van der Waals surface area contributed by atoms with E-state index in [1.807, 2.05) is 12.1 Å². The summed E-state index contributed by atoms with van der Waals surface area (Å²) in [5.74, 6) is 2.87. The number of amides is 1. The fourth-order valence-electron chi connectivity index (χ4n) is 2.98. The lowest BCUT2D eigenvalue weighted by Gasteiger charge is -2.17. The number of sulfonamides is 1. The van der Waals surface area contributed by atoms with Crippen LogP contribution in [0, 0.1) is 12.3 Å². The van der Waals surface area contributed by atoms with Gasteiger partial charge in [-0.15, -0.1) is 6.42 Å². The first-order valence-corrected chi connectivity index (χ1v) is 10.5. The predicted molar refractivity (Wildman–Crippen MR) is 107 cm³/mol. The van der Waals surface area contributed by atoms with E-state index in [4.69, 9.17) is 6.42 Å². The summed E-state index contributed by atoms with van der Waals surface area (Å²) in [5.41, 5.74) is 1.34. The molecule has 0 radical (unpaired) electrons. The Bertz CT molecular complexity index is 975. The Balaban J connectivity index is 1.61. The molecule has 1 aromatic carbocycles. The fraction of sp³-hybridized carbons (Fsp3) is 0.300. The number of anilines is 1. The lowest BCUT2D eigenvalue weighted by Crippen LogP contribution is -2.25. The molecule has 2 aromatic rings. The van der Waals surface area contributed by atoms with E-state index < -0.39 is 10.0 Å². The Labute approximate surface area is 165 Å². The summed E-state index contributed by atoms with van der Waals surface area (Å²) in [6.07, 6.45) is 9.16. The van der Waals surface area contributed by atoms with Crippen LogP contribution < -0.4 is 14.9 Å². The van der Waals surface area contributed by atoms with Crippen LogP contribution in [0.3, 0.4) is 0 Å². The highest BCUT2D eigenvalue weighted by Gasteiger charge is 2.15. The van der Waals surface area contributed by atoms with Gasteiger partial charge in [0.2, 0.25) is 10.0 Å². The number of carbonyl (C=O) groups excluding carboxylic acids is 1. The van der Waals surface area contributed by atoms with Gasteiger partial charge in [-0.1, -0.05) is 5.92 Å². The van der Waals surface area contributed by atoms with Crippen molar-refractivity contribution in [2.45, 2.75) is 24.3 Å². The minimum atomic E-state index is -3.67. The molecule has 0 bridgehead atoms. The number of carbonyl (C=O) groups is 1. The van der Waals surface area contributed by atoms with Crippen LogP contribution in [0.25, 0.3) is 0 Å². The van der Waals surface area contributed by atoms with Crippen LogP contribution in [0.5, 0.6) is 0 Å². The smallest absolute Gasteiger partial charge is 0.251 e. The van der Waals surface area contributed by atoms with Crippen molar-refractivity contribution in [3.63, 3.8) is 0 Å². The molecule has 0 unspecified atom stereocenters. The van der Waals surface area contributed by atoms with Crippen LogP contribution in [-0.2, 0) is 16.6 Å². The topological polar surface area (TPSA) is 91.4 Å². The number of nitrogens with zero attached hydrogens (tertiary/aromatic N) is 2. The monoisotopic (exact) mass is 398 g/mol. The third-order valence-electron chi connectivity index (χ3n) is 4.48. The maximum absolute atomic E-state index is 12.4. The molecule has 1 aliphatic rings. The van der Waals surface area contributed by atoms with Gasteiger partial charge >= 0.3 is 0 Å². The maximum Gasteiger partial charge on any atom is 0.251 e. The molecule has 2 N–H and O–H groups in total. The Morgan fingerprint density at radius 3 is 2.57 bits per heavy atom. The second kappa shape index (κ2) is 8.87. The molecule has 0 atom stereocenters. The zero-order valence-electron chi connectivity index (χ0n) is 15.4. The predicted octanol–water partition coefficient (Wildman–Crippen LogP) is 1.52. The number of aromatic nitrogens is 1. The van der Waals surface area contributed by atoms with Gasteiger partial charge in [-0.25, -0.2) is 13.4 Å². The van der Waals surface area contributed by atoms with Crippen LogP contribution in [0.2, 0.25) is 0 Å². The van der Waals surface area contributed by atoms with Crippen molar-refractivity contribution in [2.24, 2.45) is 0 Å². The molecular formula is C20H22N4O3S. The van der Waals surface area contributed by atoms with Crippen molar-refractivity contribution in [1.29, 1.82) is 0 Å². The van der Waals surface area contributed by atoms with Gasteiger partial charge in [-0.05, 0) is 54.8 Å². The number of terminal acetylenes is 1. The molecule has 1 aromatic heterocycles. The molecule has 3 rings (SSSR count). The summed E-state index contributed by atoms with van der Waals surface area (Å²) < 4.78 is 26.3. The summed E-state index contributed by atoms with van der Waals surface area (Å²) in [4.78, 5) is 19.1. The van der Waals surface area contributed by atoms with Crippen molar-refractivity contribution in [3.8, 4) is 12.3 Å². The third-order valence-corrected chi connectivity index (χ3v) is 5.90. The molecule has 1 aliphatic heterocycles. The summed E-state index contributed by atoms with van der Waals surface area (Å²) in [7, 11) is -3.67. The minimum absolute atomic E-state index is 0.0590. The van der Waals surface area contributed by atoms with E-state index in [1.54, 1.807) is 6.20 Å².